The second-order valence-corrected chi connectivity index (χ2v) is 10.3. The second-order valence-electron chi connectivity index (χ2n) is 10.3. The first-order chi connectivity index (χ1) is 17.1. The monoisotopic (exact) mass is 472 g/mol. The van der Waals surface area contributed by atoms with E-state index < -0.39 is 0 Å². The molecule has 0 bridgehead atoms. The molecule has 3 aromatic heterocycles. The first kappa shape index (κ1) is 20.8. The van der Waals surface area contributed by atoms with Crippen LogP contribution in [0.25, 0.3) is 0 Å². The van der Waals surface area contributed by atoms with Gasteiger partial charge in [0, 0.05) is 57.4 Å². The lowest BCUT2D eigenvalue weighted by Crippen LogP contribution is -2.67. The SMILES string of the molecule is Cc1cc(C(=O)N2CC3(COC3)C2)nnc1N1CCc2ncc(N3CCCn4nccc43)cc2C1. The van der Waals surface area contributed by atoms with Crippen molar-refractivity contribution in [1.29, 1.82) is 0 Å². The van der Waals surface area contributed by atoms with Crippen molar-refractivity contribution in [2.75, 3.05) is 49.2 Å². The van der Waals surface area contributed by atoms with Crippen LogP contribution in [0.15, 0.2) is 30.6 Å². The molecule has 0 radical (unpaired) electrons. The van der Waals surface area contributed by atoms with Crippen molar-refractivity contribution in [3.8, 4) is 0 Å². The Morgan fingerprint density at radius 1 is 1.11 bits per heavy atom. The van der Waals surface area contributed by atoms with Crippen LogP contribution < -0.4 is 9.80 Å². The number of fused-ring (bicyclic) bond motifs is 2. The number of carbonyl (C=O) groups excluding carboxylic acids is 1. The molecule has 4 aliphatic heterocycles. The minimum atomic E-state index is -0.0386. The van der Waals surface area contributed by atoms with E-state index in [1.54, 1.807) is 0 Å². The lowest BCUT2D eigenvalue weighted by molar-refractivity contribution is -0.176. The second kappa shape index (κ2) is 7.74. The number of aryl methyl sites for hydroxylation is 2. The summed E-state index contributed by atoms with van der Waals surface area (Å²) in [5, 5.41) is 13.3. The summed E-state index contributed by atoms with van der Waals surface area (Å²) in [6.07, 6.45) is 5.76. The van der Waals surface area contributed by atoms with Crippen LogP contribution >= 0.6 is 0 Å². The number of pyridine rings is 1. The smallest absolute Gasteiger partial charge is 0.274 e. The Labute approximate surface area is 203 Å². The van der Waals surface area contributed by atoms with Crippen molar-refractivity contribution in [3.63, 3.8) is 0 Å². The molecule has 1 amide bonds. The average molecular weight is 473 g/mol. The first-order valence-electron chi connectivity index (χ1n) is 12.3. The molecule has 180 valence electrons. The molecule has 0 aromatic carbocycles. The number of carbonyl (C=O) groups is 1. The number of rotatable bonds is 3. The zero-order valence-corrected chi connectivity index (χ0v) is 19.9. The Morgan fingerprint density at radius 3 is 2.80 bits per heavy atom. The fourth-order valence-corrected chi connectivity index (χ4v) is 5.76. The van der Waals surface area contributed by atoms with E-state index >= 15 is 0 Å². The molecule has 1 spiro atoms. The summed E-state index contributed by atoms with van der Waals surface area (Å²) in [7, 11) is 0. The van der Waals surface area contributed by atoms with Gasteiger partial charge in [0.25, 0.3) is 5.91 Å². The van der Waals surface area contributed by atoms with Gasteiger partial charge in [-0.3, -0.25) is 9.78 Å². The molecule has 2 fully saturated rings. The van der Waals surface area contributed by atoms with Crippen LogP contribution in [0.1, 0.15) is 33.7 Å². The van der Waals surface area contributed by atoms with Gasteiger partial charge < -0.3 is 19.4 Å². The van der Waals surface area contributed by atoms with E-state index in [2.05, 4.69) is 41.9 Å². The van der Waals surface area contributed by atoms with E-state index in [9.17, 15) is 4.79 Å². The molecule has 4 aliphatic rings. The number of aromatic nitrogens is 5. The van der Waals surface area contributed by atoms with Crippen LogP contribution in [0.5, 0.6) is 0 Å². The lowest BCUT2D eigenvalue weighted by Gasteiger charge is -2.54. The minimum absolute atomic E-state index is 0.0386. The van der Waals surface area contributed by atoms with Crippen molar-refractivity contribution in [2.24, 2.45) is 5.41 Å². The maximum atomic E-state index is 12.9. The Hall–Kier alpha value is -3.53. The minimum Gasteiger partial charge on any atom is -0.380 e. The average Bonchev–Trinajstić information content (AvgIpc) is 3.30. The molecule has 7 heterocycles. The molecule has 0 atom stereocenters. The van der Waals surface area contributed by atoms with Crippen LogP contribution in [0.2, 0.25) is 0 Å². The Balaban J connectivity index is 1.09. The zero-order chi connectivity index (χ0) is 23.6. The molecule has 0 saturated carbocycles. The van der Waals surface area contributed by atoms with Crippen molar-refractivity contribution in [1.82, 2.24) is 29.9 Å². The van der Waals surface area contributed by atoms with Gasteiger partial charge in [0.05, 0.1) is 36.7 Å². The molecule has 2 saturated heterocycles. The van der Waals surface area contributed by atoms with Gasteiger partial charge >= 0.3 is 0 Å². The highest BCUT2D eigenvalue weighted by Crippen LogP contribution is 2.38. The van der Waals surface area contributed by atoms with Crippen LogP contribution in [0.3, 0.4) is 0 Å². The van der Waals surface area contributed by atoms with E-state index in [-0.39, 0.29) is 11.3 Å². The van der Waals surface area contributed by atoms with E-state index in [0.29, 0.717) is 5.69 Å². The summed E-state index contributed by atoms with van der Waals surface area (Å²) in [5.41, 5.74) is 5.03. The van der Waals surface area contributed by atoms with Crippen LogP contribution in [-0.4, -0.2) is 75.2 Å². The highest BCUT2D eigenvalue weighted by molar-refractivity contribution is 5.93. The summed E-state index contributed by atoms with van der Waals surface area (Å²) < 4.78 is 7.36. The number of amides is 1. The largest absolute Gasteiger partial charge is 0.380 e. The van der Waals surface area contributed by atoms with E-state index in [1.165, 1.54) is 5.56 Å². The third-order valence-corrected chi connectivity index (χ3v) is 7.69. The fraction of sp³-hybridized carbons (Fsp3) is 0.480. The number of ether oxygens (including phenoxy) is 1. The molecule has 10 nitrogen and oxygen atoms in total. The van der Waals surface area contributed by atoms with E-state index in [0.717, 1.165) is 93.9 Å². The topological polar surface area (TPSA) is 92.5 Å². The standard InChI is InChI=1S/C25H28N8O2/c1-17-9-21(24(34)31-13-25(14-31)15-35-16-25)28-29-23(17)30-8-4-20-18(12-30)10-19(11-26-20)32-6-2-7-33-22(32)3-5-27-33/h3,5,9-11H,2,4,6-8,12-16H2,1H3. The molecule has 35 heavy (non-hydrogen) atoms. The fourth-order valence-electron chi connectivity index (χ4n) is 5.76. The highest BCUT2D eigenvalue weighted by atomic mass is 16.5. The molecule has 0 N–H and O–H groups in total. The highest BCUT2D eigenvalue weighted by Gasteiger charge is 2.51. The van der Waals surface area contributed by atoms with E-state index in [4.69, 9.17) is 9.72 Å². The molecule has 10 heteroatoms. The zero-order valence-electron chi connectivity index (χ0n) is 19.9. The van der Waals surface area contributed by atoms with Gasteiger partial charge in [-0.15, -0.1) is 10.2 Å². The number of likely N-dealkylation sites (tertiary alicyclic amines) is 1. The van der Waals surface area contributed by atoms with Crippen LogP contribution in [0, 0.1) is 12.3 Å². The normalized spacial score (nSPS) is 20.2. The Morgan fingerprint density at radius 2 is 2.00 bits per heavy atom. The Bertz CT molecular complexity index is 1310. The third kappa shape index (κ3) is 3.38. The number of nitrogens with zero attached hydrogens (tertiary/aromatic N) is 8. The summed E-state index contributed by atoms with van der Waals surface area (Å²) in [5.74, 6) is 1.91. The van der Waals surface area contributed by atoms with Crippen molar-refractivity contribution in [2.45, 2.75) is 32.9 Å². The van der Waals surface area contributed by atoms with Gasteiger partial charge in [0.15, 0.2) is 11.5 Å². The number of hydrogen-bond donors (Lipinski definition) is 0. The lowest BCUT2D eigenvalue weighted by atomic mass is 9.78. The number of hydrogen-bond acceptors (Lipinski definition) is 8. The van der Waals surface area contributed by atoms with Gasteiger partial charge in [0.1, 0.15) is 5.82 Å². The first-order valence-corrected chi connectivity index (χ1v) is 12.3. The number of anilines is 3. The quantitative estimate of drug-likeness (QED) is 0.571. The molecule has 0 aliphatic carbocycles. The molecular formula is C25H28N8O2. The summed E-state index contributed by atoms with van der Waals surface area (Å²) in [4.78, 5) is 24.1. The van der Waals surface area contributed by atoms with Gasteiger partial charge in [-0.1, -0.05) is 0 Å². The van der Waals surface area contributed by atoms with Crippen LogP contribution in [-0.2, 0) is 24.2 Å². The van der Waals surface area contributed by atoms with Gasteiger partial charge in [-0.25, -0.2) is 4.68 Å². The predicted octanol–water partition coefficient (Wildman–Crippen LogP) is 1.95. The maximum Gasteiger partial charge on any atom is 0.274 e. The predicted molar refractivity (Wildman–Crippen MR) is 129 cm³/mol. The summed E-state index contributed by atoms with van der Waals surface area (Å²) in [6, 6.07) is 6.19. The molecule has 7 rings (SSSR count). The molecule has 0 unspecified atom stereocenters. The summed E-state index contributed by atoms with van der Waals surface area (Å²) >= 11 is 0. The van der Waals surface area contributed by atoms with Crippen molar-refractivity contribution < 1.29 is 9.53 Å². The van der Waals surface area contributed by atoms with Crippen molar-refractivity contribution in [3.05, 3.63) is 53.1 Å². The molecule has 3 aromatic rings. The van der Waals surface area contributed by atoms with E-state index in [1.807, 2.05) is 30.3 Å². The van der Waals surface area contributed by atoms with Crippen molar-refractivity contribution >= 4 is 23.2 Å². The van der Waals surface area contributed by atoms with Gasteiger partial charge in [-0.05, 0) is 36.6 Å². The summed E-state index contributed by atoms with van der Waals surface area (Å²) in [6.45, 7) is 8.50. The maximum absolute atomic E-state index is 12.9. The Kier molecular flexibility index (Phi) is 4.60. The van der Waals surface area contributed by atoms with Gasteiger partial charge in [-0.2, -0.15) is 5.10 Å². The molecular weight excluding hydrogens is 444 g/mol. The third-order valence-electron chi connectivity index (χ3n) is 7.69. The van der Waals surface area contributed by atoms with Crippen LogP contribution in [0.4, 0.5) is 17.3 Å². The van der Waals surface area contributed by atoms with Gasteiger partial charge in [0.2, 0.25) is 0 Å².